The van der Waals surface area contributed by atoms with E-state index in [1.54, 1.807) is 57.7 Å². The highest BCUT2D eigenvalue weighted by molar-refractivity contribution is 6.13. The number of nitriles is 1. The molecule has 362 valence electrons. The van der Waals surface area contributed by atoms with E-state index >= 15 is 0 Å². The van der Waals surface area contributed by atoms with Crippen molar-refractivity contribution in [3.8, 4) is 50.8 Å². The van der Waals surface area contributed by atoms with Gasteiger partial charge in [0.25, 0.3) is 0 Å². The summed E-state index contributed by atoms with van der Waals surface area (Å²) in [6.45, 7) is 0. The average molecular weight is 1000 g/mol. The maximum Gasteiger partial charge on any atom is 0.416 e. The Morgan fingerprint density at radius 2 is 0.681 bits per heavy atom. The van der Waals surface area contributed by atoms with Crippen LogP contribution < -0.4 is 0 Å². The van der Waals surface area contributed by atoms with Crippen LogP contribution >= 0.6 is 0 Å². The van der Waals surface area contributed by atoms with Crippen molar-refractivity contribution in [3.63, 3.8) is 0 Å². The Kier molecular flexibility index (Phi) is 10.8. The highest BCUT2D eigenvalue weighted by Gasteiger charge is 2.39. The molecule has 0 aliphatic carbocycles. The van der Waals surface area contributed by atoms with Gasteiger partial charge in [-0.2, -0.15) is 71.1 Å². The van der Waals surface area contributed by atoms with E-state index in [0.29, 0.717) is 67.9 Å². The fourth-order valence-corrected chi connectivity index (χ4v) is 9.20. The van der Waals surface area contributed by atoms with Gasteiger partial charge in [-0.1, -0.05) is 60.7 Å². The zero-order chi connectivity index (χ0) is 51.4. The molecule has 10 aromatic rings. The van der Waals surface area contributed by atoms with E-state index in [-0.39, 0.29) is 51.3 Å². The molecule has 0 amide bonds. The number of hydrogen-bond donors (Lipinski definition) is 0. The molecule has 0 N–H and O–H groups in total. The molecule has 0 radical (unpaired) electrons. The maximum atomic E-state index is 14.2. The summed E-state index contributed by atoms with van der Waals surface area (Å²) >= 11 is 0. The molecule has 3 nitrogen and oxygen atoms in total. The van der Waals surface area contributed by atoms with Gasteiger partial charge in [-0.25, -0.2) is 0 Å². The van der Waals surface area contributed by atoms with Crippen LogP contribution in [0.1, 0.15) is 33.4 Å². The van der Waals surface area contributed by atoms with Crippen LogP contribution in [0.2, 0.25) is 0 Å². The summed E-state index contributed by atoms with van der Waals surface area (Å²) in [5.74, 6) is 0. The van der Waals surface area contributed by atoms with E-state index < -0.39 is 69.8 Å². The number of fused-ring (bicyclic) bond motifs is 6. The van der Waals surface area contributed by atoms with Crippen molar-refractivity contribution in [2.24, 2.45) is 0 Å². The normalized spacial score (nSPS) is 12.9. The van der Waals surface area contributed by atoms with Crippen LogP contribution in [0.4, 0.5) is 65.9 Å². The van der Waals surface area contributed by atoms with E-state index in [0.717, 1.165) is 18.2 Å². The predicted octanol–water partition coefficient (Wildman–Crippen LogP) is 17.8. The summed E-state index contributed by atoms with van der Waals surface area (Å²) in [6.07, 6.45) is -25.4. The standard InChI is InChI=1S/C54H26F15N3/c55-50(56,57)34-7-5-6-30(16-34)41-26-49(72-45-11-4-2-9-40(45)43-22-29(13-15-47(43)72)32-19-37(53(64,65)66)25-38(20-32)54(67,68)69)48(23-33(41)27-70)71-44-10-3-1-8-39(44)42-21-28(12-14-46(42)71)31-17-35(51(58,59)60)24-36(18-31)52(61,62)63/h1-26H. The van der Waals surface area contributed by atoms with Crippen molar-refractivity contribution in [1.29, 1.82) is 5.26 Å². The number of alkyl halides is 15. The van der Waals surface area contributed by atoms with Crippen LogP contribution in [0.5, 0.6) is 0 Å². The molecule has 10 rings (SSSR count). The fraction of sp³-hybridized carbons (Fsp3) is 0.0926. The molecule has 0 saturated heterocycles. The molecule has 0 spiro atoms. The second kappa shape index (κ2) is 16.4. The molecule has 18 heteroatoms. The van der Waals surface area contributed by atoms with Crippen molar-refractivity contribution in [2.75, 3.05) is 0 Å². The first-order valence-corrected chi connectivity index (χ1v) is 21.2. The molecule has 0 atom stereocenters. The van der Waals surface area contributed by atoms with Gasteiger partial charge < -0.3 is 9.13 Å². The number of rotatable bonds is 5. The van der Waals surface area contributed by atoms with Crippen LogP contribution in [0.15, 0.2) is 158 Å². The molecule has 72 heavy (non-hydrogen) atoms. The first-order valence-electron chi connectivity index (χ1n) is 21.2. The van der Waals surface area contributed by atoms with Crippen LogP contribution in [0.3, 0.4) is 0 Å². The average Bonchev–Trinajstić information content (AvgIpc) is 3.84. The van der Waals surface area contributed by atoms with Gasteiger partial charge in [0.15, 0.2) is 0 Å². The Hall–Kier alpha value is -8.20. The first-order chi connectivity index (χ1) is 33.8. The molecule has 8 aromatic carbocycles. The Morgan fingerprint density at radius 1 is 0.306 bits per heavy atom. The number of benzene rings is 8. The molecule has 0 saturated carbocycles. The van der Waals surface area contributed by atoms with Gasteiger partial charge in [-0.15, -0.1) is 0 Å². The van der Waals surface area contributed by atoms with Gasteiger partial charge in [0.1, 0.15) is 0 Å². The second-order valence-corrected chi connectivity index (χ2v) is 16.8. The SMILES string of the molecule is N#Cc1cc(-n2c3ccccc3c3cc(-c4cc(C(F)(F)F)cc(C(F)(F)F)c4)ccc32)c(-n2c3ccccc3c3cc(-c4cc(C(F)(F)F)cc(C(F)(F)F)c4)ccc32)cc1-c1cccc(C(F)(F)F)c1. The third-order valence-electron chi connectivity index (χ3n) is 12.4. The number of nitrogens with zero attached hydrogens (tertiary/aromatic N) is 3. The van der Waals surface area contributed by atoms with Gasteiger partial charge in [0, 0.05) is 27.1 Å². The molecule has 0 aliphatic rings. The van der Waals surface area contributed by atoms with Crippen molar-refractivity contribution in [2.45, 2.75) is 30.9 Å². The van der Waals surface area contributed by atoms with Crippen LogP contribution in [0.25, 0.3) is 88.4 Å². The van der Waals surface area contributed by atoms with Crippen LogP contribution in [0, 0.1) is 11.3 Å². The Balaban J connectivity index is 1.28. The van der Waals surface area contributed by atoms with Crippen LogP contribution in [-0.2, 0) is 30.9 Å². The van der Waals surface area contributed by atoms with Gasteiger partial charge in [-0.3, -0.25) is 0 Å². The first kappa shape index (κ1) is 47.5. The van der Waals surface area contributed by atoms with E-state index in [4.69, 9.17) is 0 Å². The zero-order valence-corrected chi connectivity index (χ0v) is 36.0. The van der Waals surface area contributed by atoms with Gasteiger partial charge in [0.2, 0.25) is 0 Å². The molecular weight excluding hydrogens is 976 g/mol. The van der Waals surface area contributed by atoms with E-state index in [2.05, 4.69) is 6.07 Å². The minimum Gasteiger partial charge on any atom is -0.307 e. The summed E-state index contributed by atoms with van der Waals surface area (Å²) in [7, 11) is 0. The molecule has 0 bridgehead atoms. The minimum atomic E-state index is -5.15. The molecular formula is C54H26F15N3. The quantitative estimate of drug-likeness (QED) is 0.158. The van der Waals surface area contributed by atoms with E-state index in [1.165, 1.54) is 54.6 Å². The fourth-order valence-electron chi connectivity index (χ4n) is 9.20. The largest absolute Gasteiger partial charge is 0.416 e. The number of halogens is 15. The summed E-state index contributed by atoms with van der Waals surface area (Å²) in [6, 6.07) is 33.0. The lowest BCUT2D eigenvalue weighted by molar-refractivity contribution is -0.144. The monoisotopic (exact) mass is 1000 g/mol. The van der Waals surface area contributed by atoms with Gasteiger partial charge in [0.05, 0.1) is 72.9 Å². The van der Waals surface area contributed by atoms with Crippen molar-refractivity contribution in [1.82, 2.24) is 9.13 Å². The van der Waals surface area contributed by atoms with Crippen LogP contribution in [-0.4, -0.2) is 9.13 Å². The molecule has 2 aromatic heterocycles. The Morgan fingerprint density at radius 3 is 1.08 bits per heavy atom. The zero-order valence-electron chi connectivity index (χ0n) is 36.0. The summed E-state index contributed by atoms with van der Waals surface area (Å²) in [5.41, 5.74) is -6.47. The third kappa shape index (κ3) is 8.31. The van der Waals surface area contributed by atoms with Gasteiger partial charge in [-0.05, 0) is 125 Å². The lowest BCUT2D eigenvalue weighted by Gasteiger charge is -2.20. The van der Waals surface area contributed by atoms with E-state index in [9.17, 15) is 71.1 Å². The van der Waals surface area contributed by atoms with E-state index in [1.807, 2.05) is 0 Å². The Bertz CT molecular complexity index is 3810. The smallest absolute Gasteiger partial charge is 0.307 e. The summed E-state index contributed by atoms with van der Waals surface area (Å²) in [5, 5.41) is 12.2. The highest BCUT2D eigenvalue weighted by atomic mass is 19.4. The lowest BCUT2D eigenvalue weighted by Crippen LogP contribution is -2.11. The minimum absolute atomic E-state index is 0.00675. The number of para-hydroxylation sites is 2. The third-order valence-corrected chi connectivity index (χ3v) is 12.4. The second-order valence-electron chi connectivity index (χ2n) is 16.8. The van der Waals surface area contributed by atoms with Crippen molar-refractivity contribution < 1.29 is 65.9 Å². The predicted molar refractivity (Wildman–Crippen MR) is 241 cm³/mol. The molecule has 0 aliphatic heterocycles. The molecule has 0 unspecified atom stereocenters. The Labute approximate surface area is 395 Å². The number of aromatic nitrogens is 2. The molecule has 0 fully saturated rings. The maximum absolute atomic E-state index is 14.2. The van der Waals surface area contributed by atoms with Crippen molar-refractivity contribution in [3.05, 3.63) is 191 Å². The summed E-state index contributed by atoms with van der Waals surface area (Å²) in [4.78, 5) is 0. The summed E-state index contributed by atoms with van der Waals surface area (Å²) < 4.78 is 214. The topological polar surface area (TPSA) is 33.6 Å². The van der Waals surface area contributed by atoms with Crippen molar-refractivity contribution >= 4 is 43.6 Å². The highest BCUT2D eigenvalue weighted by Crippen LogP contribution is 2.46. The van der Waals surface area contributed by atoms with Gasteiger partial charge >= 0.3 is 30.9 Å². The molecule has 2 heterocycles. The lowest BCUT2D eigenvalue weighted by atomic mass is 9.96. The number of hydrogen-bond acceptors (Lipinski definition) is 1.